The number of carbonyl (C=O) groups is 1. The number of hydrogen-bond donors (Lipinski definition) is 1. The Bertz CT molecular complexity index is 422. The first-order chi connectivity index (χ1) is 9.34. The molecule has 1 aromatic rings. The molecule has 1 N–H and O–H groups in total. The predicted molar refractivity (Wildman–Crippen MR) is 75.8 cm³/mol. The molecule has 1 amide bonds. The Morgan fingerprint density at radius 3 is 2.42 bits per heavy atom. The molecule has 2 fully saturated rings. The van der Waals surface area contributed by atoms with Crippen molar-refractivity contribution in [2.45, 2.75) is 44.2 Å². The van der Waals surface area contributed by atoms with Crippen LogP contribution in [0.2, 0.25) is 0 Å². The van der Waals surface area contributed by atoms with Gasteiger partial charge in [-0.15, -0.1) is 0 Å². The highest BCUT2D eigenvalue weighted by molar-refractivity contribution is 5.83. The van der Waals surface area contributed by atoms with E-state index >= 15 is 0 Å². The molecule has 1 aliphatic carbocycles. The molecular weight excluding hydrogens is 236 g/mol. The zero-order valence-electron chi connectivity index (χ0n) is 11.3. The molecule has 1 aromatic carbocycles. The number of rotatable bonds is 4. The summed E-state index contributed by atoms with van der Waals surface area (Å²) in [4.78, 5) is 14.9. The number of piperidine rings is 1. The highest BCUT2D eigenvalue weighted by Gasteiger charge is 2.32. The molecule has 0 bridgehead atoms. The number of hydrogen-bond acceptors (Lipinski definition) is 2. The lowest BCUT2D eigenvalue weighted by Gasteiger charge is -2.34. The van der Waals surface area contributed by atoms with Crippen LogP contribution in [0.5, 0.6) is 0 Å². The fourth-order valence-electron chi connectivity index (χ4n) is 2.85. The Morgan fingerprint density at radius 2 is 1.79 bits per heavy atom. The van der Waals surface area contributed by atoms with E-state index < -0.39 is 0 Å². The number of benzene rings is 1. The third-order valence-corrected chi connectivity index (χ3v) is 4.04. The molecule has 1 saturated heterocycles. The minimum Gasteiger partial charge on any atom is -0.352 e. The molecule has 0 radical (unpaired) electrons. The summed E-state index contributed by atoms with van der Waals surface area (Å²) >= 11 is 0. The zero-order chi connectivity index (χ0) is 13.1. The van der Waals surface area contributed by atoms with E-state index in [1.54, 1.807) is 0 Å². The van der Waals surface area contributed by atoms with Crippen molar-refractivity contribution in [3.05, 3.63) is 35.9 Å². The molecule has 0 unspecified atom stereocenters. The highest BCUT2D eigenvalue weighted by Crippen LogP contribution is 2.27. The van der Waals surface area contributed by atoms with Gasteiger partial charge in [-0.2, -0.15) is 0 Å². The number of amides is 1. The lowest BCUT2D eigenvalue weighted by molar-refractivity contribution is -0.127. The van der Waals surface area contributed by atoms with Crippen molar-refractivity contribution in [1.82, 2.24) is 10.2 Å². The van der Waals surface area contributed by atoms with Gasteiger partial charge in [-0.3, -0.25) is 9.69 Å². The molecular formula is C16H22N2O. The van der Waals surface area contributed by atoms with Gasteiger partial charge >= 0.3 is 0 Å². The van der Waals surface area contributed by atoms with Crippen LogP contribution in [0.1, 0.15) is 43.7 Å². The van der Waals surface area contributed by atoms with Gasteiger partial charge in [0, 0.05) is 6.04 Å². The number of nitrogens with zero attached hydrogens (tertiary/aromatic N) is 1. The molecule has 1 saturated carbocycles. The summed E-state index contributed by atoms with van der Waals surface area (Å²) in [5.74, 6) is 0.190. The Labute approximate surface area is 115 Å². The molecule has 19 heavy (non-hydrogen) atoms. The van der Waals surface area contributed by atoms with Gasteiger partial charge in [-0.1, -0.05) is 36.8 Å². The van der Waals surface area contributed by atoms with Crippen LogP contribution in [0.25, 0.3) is 0 Å². The summed E-state index contributed by atoms with van der Waals surface area (Å²) in [5, 5.41) is 3.17. The van der Waals surface area contributed by atoms with Crippen molar-refractivity contribution in [2.24, 2.45) is 0 Å². The second-order valence-electron chi connectivity index (χ2n) is 5.69. The van der Waals surface area contributed by atoms with Gasteiger partial charge < -0.3 is 5.32 Å². The van der Waals surface area contributed by atoms with E-state index in [0.29, 0.717) is 6.04 Å². The molecule has 1 atom stereocenters. The smallest absolute Gasteiger partial charge is 0.242 e. The third-order valence-electron chi connectivity index (χ3n) is 4.04. The number of carbonyl (C=O) groups excluding carboxylic acids is 1. The van der Waals surface area contributed by atoms with Crippen molar-refractivity contribution in [1.29, 1.82) is 0 Å². The van der Waals surface area contributed by atoms with E-state index in [-0.39, 0.29) is 11.9 Å². The highest BCUT2D eigenvalue weighted by atomic mass is 16.2. The number of nitrogens with one attached hydrogen (secondary N) is 1. The summed E-state index contributed by atoms with van der Waals surface area (Å²) in [5.41, 5.74) is 1.13. The Morgan fingerprint density at radius 1 is 1.11 bits per heavy atom. The minimum atomic E-state index is -0.0953. The van der Waals surface area contributed by atoms with Gasteiger partial charge in [-0.05, 0) is 44.3 Å². The molecule has 1 aliphatic heterocycles. The summed E-state index contributed by atoms with van der Waals surface area (Å²) < 4.78 is 0. The van der Waals surface area contributed by atoms with E-state index in [9.17, 15) is 4.79 Å². The van der Waals surface area contributed by atoms with Gasteiger partial charge in [0.25, 0.3) is 0 Å². The van der Waals surface area contributed by atoms with Crippen LogP contribution in [0.3, 0.4) is 0 Å². The van der Waals surface area contributed by atoms with Crippen LogP contribution in [-0.2, 0) is 4.79 Å². The standard InChI is InChI=1S/C16H22N2O/c19-16(17-14-9-10-14)15(13-7-3-1-4-8-13)18-11-5-2-6-12-18/h1,3-4,7-8,14-15H,2,5-6,9-12H2,(H,17,19)/t15-/m0/s1. The van der Waals surface area contributed by atoms with E-state index in [0.717, 1.165) is 31.5 Å². The lowest BCUT2D eigenvalue weighted by atomic mass is 10.0. The molecule has 3 rings (SSSR count). The van der Waals surface area contributed by atoms with Crippen LogP contribution in [0.15, 0.2) is 30.3 Å². The number of likely N-dealkylation sites (tertiary alicyclic amines) is 1. The lowest BCUT2D eigenvalue weighted by Crippen LogP contribution is -2.43. The summed E-state index contributed by atoms with van der Waals surface area (Å²) in [6.07, 6.45) is 6.00. The topological polar surface area (TPSA) is 32.3 Å². The SMILES string of the molecule is O=C(NC1CC1)[C@H](c1ccccc1)N1CCCCC1. The van der Waals surface area contributed by atoms with Crippen molar-refractivity contribution in [3.8, 4) is 0 Å². The molecule has 3 nitrogen and oxygen atoms in total. The Balaban J connectivity index is 1.79. The average molecular weight is 258 g/mol. The van der Waals surface area contributed by atoms with E-state index in [2.05, 4.69) is 22.3 Å². The fraction of sp³-hybridized carbons (Fsp3) is 0.562. The molecule has 3 heteroatoms. The zero-order valence-corrected chi connectivity index (χ0v) is 11.3. The quantitative estimate of drug-likeness (QED) is 0.900. The second-order valence-corrected chi connectivity index (χ2v) is 5.69. The molecule has 0 spiro atoms. The van der Waals surface area contributed by atoms with Crippen molar-refractivity contribution in [2.75, 3.05) is 13.1 Å². The maximum absolute atomic E-state index is 12.5. The average Bonchev–Trinajstić information content (AvgIpc) is 3.25. The van der Waals surface area contributed by atoms with E-state index in [1.807, 2.05) is 18.2 Å². The molecule has 102 valence electrons. The molecule has 2 aliphatic rings. The van der Waals surface area contributed by atoms with E-state index in [1.165, 1.54) is 19.3 Å². The Hall–Kier alpha value is -1.35. The summed E-state index contributed by atoms with van der Waals surface area (Å²) in [6, 6.07) is 10.5. The fourth-order valence-corrected chi connectivity index (χ4v) is 2.85. The van der Waals surface area contributed by atoms with Gasteiger partial charge in [0.2, 0.25) is 5.91 Å². The Kier molecular flexibility index (Phi) is 3.83. The first-order valence-electron chi connectivity index (χ1n) is 7.44. The van der Waals surface area contributed by atoms with Crippen LogP contribution < -0.4 is 5.32 Å². The van der Waals surface area contributed by atoms with Gasteiger partial charge in [0.1, 0.15) is 6.04 Å². The van der Waals surface area contributed by atoms with Gasteiger partial charge in [0.15, 0.2) is 0 Å². The normalized spacial score (nSPS) is 21.9. The van der Waals surface area contributed by atoms with E-state index in [4.69, 9.17) is 0 Å². The van der Waals surface area contributed by atoms with Gasteiger partial charge in [-0.25, -0.2) is 0 Å². The maximum atomic E-state index is 12.5. The largest absolute Gasteiger partial charge is 0.352 e. The summed E-state index contributed by atoms with van der Waals surface area (Å²) in [7, 11) is 0. The van der Waals surface area contributed by atoms with Gasteiger partial charge in [0.05, 0.1) is 0 Å². The van der Waals surface area contributed by atoms with Crippen LogP contribution in [0, 0.1) is 0 Å². The van der Waals surface area contributed by atoms with Crippen LogP contribution in [-0.4, -0.2) is 29.9 Å². The van der Waals surface area contributed by atoms with Crippen LogP contribution in [0.4, 0.5) is 0 Å². The first kappa shape index (κ1) is 12.7. The summed E-state index contributed by atoms with van der Waals surface area (Å²) in [6.45, 7) is 2.08. The monoisotopic (exact) mass is 258 g/mol. The third kappa shape index (κ3) is 3.16. The first-order valence-corrected chi connectivity index (χ1v) is 7.44. The molecule has 0 aromatic heterocycles. The van der Waals surface area contributed by atoms with Crippen LogP contribution >= 0.6 is 0 Å². The van der Waals surface area contributed by atoms with Crippen molar-refractivity contribution in [3.63, 3.8) is 0 Å². The molecule has 1 heterocycles. The minimum absolute atomic E-state index is 0.0953. The predicted octanol–water partition coefficient (Wildman–Crippen LogP) is 2.49. The van der Waals surface area contributed by atoms with Crippen molar-refractivity contribution >= 4 is 5.91 Å². The maximum Gasteiger partial charge on any atom is 0.242 e. The second kappa shape index (κ2) is 5.74. The van der Waals surface area contributed by atoms with Crippen molar-refractivity contribution < 1.29 is 4.79 Å².